The molecule has 0 radical (unpaired) electrons. The van der Waals surface area contributed by atoms with Gasteiger partial charge in [-0.1, -0.05) is 17.7 Å². The number of halogens is 1. The highest BCUT2D eigenvalue weighted by Gasteiger charge is 2.33. The van der Waals surface area contributed by atoms with E-state index in [4.69, 9.17) is 11.6 Å². The maximum Gasteiger partial charge on any atom is 0.261 e. The first-order valence-corrected chi connectivity index (χ1v) is 14.6. The summed E-state index contributed by atoms with van der Waals surface area (Å²) in [6, 6.07) is 15.3. The van der Waals surface area contributed by atoms with E-state index in [1.54, 1.807) is 41.8 Å². The molecule has 0 spiro atoms. The van der Waals surface area contributed by atoms with Crippen molar-refractivity contribution in [1.29, 1.82) is 0 Å². The molecule has 4 rings (SSSR count). The van der Waals surface area contributed by atoms with Gasteiger partial charge >= 0.3 is 0 Å². The van der Waals surface area contributed by atoms with E-state index in [-0.39, 0.29) is 21.6 Å². The number of anilines is 2. The molecule has 180 valence electrons. The average molecular weight is 540 g/mol. The number of carbonyl (C=O) groups excluding carboxylic acids is 1. The Morgan fingerprint density at radius 2 is 1.65 bits per heavy atom. The van der Waals surface area contributed by atoms with Gasteiger partial charge in [-0.25, -0.2) is 16.8 Å². The standard InChI is InChI=1S/C22H22ClN3O5S3/c23-17-5-7-19(8-6-17)25-33(28,29)20-11-9-18(10-12-20)24-22(27)16-3-1-13-26(15-16)34(30,31)21-4-2-14-32-21/h2,4-12,14,16,25H,1,3,13,15H2,(H,24,27)/t16-/m0/s1. The molecule has 34 heavy (non-hydrogen) atoms. The van der Waals surface area contributed by atoms with Crippen LogP contribution in [0.2, 0.25) is 5.02 Å². The van der Waals surface area contributed by atoms with Crippen molar-refractivity contribution in [3.8, 4) is 0 Å². The monoisotopic (exact) mass is 539 g/mol. The Hall–Kier alpha value is -2.44. The van der Waals surface area contributed by atoms with Gasteiger partial charge < -0.3 is 5.32 Å². The fraction of sp³-hybridized carbons (Fsp3) is 0.227. The fourth-order valence-corrected chi connectivity index (χ4v) is 7.46. The zero-order valence-electron chi connectivity index (χ0n) is 17.8. The number of piperidine rings is 1. The first-order valence-electron chi connectivity index (χ1n) is 10.4. The van der Waals surface area contributed by atoms with Crippen LogP contribution in [0.3, 0.4) is 0 Å². The van der Waals surface area contributed by atoms with Crippen molar-refractivity contribution in [1.82, 2.24) is 4.31 Å². The summed E-state index contributed by atoms with van der Waals surface area (Å²) in [5.74, 6) is -0.806. The number of sulfonamides is 2. The molecule has 12 heteroatoms. The van der Waals surface area contributed by atoms with Gasteiger partial charge in [0.25, 0.3) is 20.0 Å². The van der Waals surface area contributed by atoms with Gasteiger partial charge in [-0.3, -0.25) is 9.52 Å². The van der Waals surface area contributed by atoms with Gasteiger partial charge in [0.1, 0.15) is 4.21 Å². The third-order valence-corrected chi connectivity index (χ3v) is 10.3. The van der Waals surface area contributed by atoms with Crippen LogP contribution in [0.15, 0.2) is 75.1 Å². The average Bonchev–Trinajstić information content (AvgIpc) is 3.37. The Kier molecular flexibility index (Phi) is 7.29. The van der Waals surface area contributed by atoms with E-state index < -0.39 is 26.0 Å². The summed E-state index contributed by atoms with van der Waals surface area (Å²) < 4.78 is 54.9. The number of benzene rings is 2. The Morgan fingerprint density at radius 3 is 2.29 bits per heavy atom. The van der Waals surface area contributed by atoms with E-state index in [2.05, 4.69) is 10.0 Å². The number of rotatable bonds is 7. The van der Waals surface area contributed by atoms with Crippen LogP contribution in [0.25, 0.3) is 0 Å². The second kappa shape index (κ2) is 10.0. The molecule has 1 aromatic heterocycles. The van der Waals surface area contributed by atoms with Crippen molar-refractivity contribution in [2.24, 2.45) is 5.92 Å². The van der Waals surface area contributed by atoms with E-state index in [1.807, 2.05) is 0 Å². The van der Waals surface area contributed by atoms with Crippen LogP contribution < -0.4 is 10.0 Å². The van der Waals surface area contributed by atoms with Crippen LogP contribution in [0.4, 0.5) is 11.4 Å². The molecule has 2 heterocycles. The van der Waals surface area contributed by atoms with Crippen LogP contribution in [-0.4, -0.2) is 40.1 Å². The minimum absolute atomic E-state index is 0.0336. The maximum absolute atomic E-state index is 12.8. The van der Waals surface area contributed by atoms with Gasteiger partial charge in [-0.2, -0.15) is 4.31 Å². The fourth-order valence-electron chi connectivity index (χ4n) is 3.61. The van der Waals surface area contributed by atoms with E-state index in [0.29, 0.717) is 35.8 Å². The van der Waals surface area contributed by atoms with Gasteiger partial charge in [0.05, 0.1) is 10.8 Å². The molecule has 2 aromatic carbocycles. The van der Waals surface area contributed by atoms with Crippen molar-refractivity contribution in [3.05, 3.63) is 71.1 Å². The second-order valence-electron chi connectivity index (χ2n) is 7.76. The number of hydrogen-bond donors (Lipinski definition) is 2. The largest absolute Gasteiger partial charge is 0.326 e. The van der Waals surface area contributed by atoms with Gasteiger partial charge in [0.15, 0.2) is 0 Å². The van der Waals surface area contributed by atoms with E-state index >= 15 is 0 Å². The maximum atomic E-state index is 12.8. The molecular weight excluding hydrogens is 518 g/mol. The molecular formula is C22H22ClN3O5S3. The molecule has 2 N–H and O–H groups in total. The highest BCUT2D eigenvalue weighted by Crippen LogP contribution is 2.27. The SMILES string of the molecule is O=C(Nc1ccc(S(=O)(=O)Nc2ccc(Cl)cc2)cc1)[C@H]1CCCN(S(=O)(=O)c2cccs2)C1. The highest BCUT2D eigenvalue weighted by molar-refractivity contribution is 7.92. The van der Waals surface area contributed by atoms with E-state index in [9.17, 15) is 21.6 Å². The van der Waals surface area contributed by atoms with Crippen molar-refractivity contribution in [3.63, 3.8) is 0 Å². The number of nitrogens with one attached hydrogen (secondary N) is 2. The lowest BCUT2D eigenvalue weighted by molar-refractivity contribution is -0.120. The lowest BCUT2D eigenvalue weighted by atomic mass is 9.99. The van der Waals surface area contributed by atoms with Crippen LogP contribution in [0.1, 0.15) is 12.8 Å². The second-order valence-corrected chi connectivity index (χ2v) is 13.0. The van der Waals surface area contributed by atoms with Crippen LogP contribution in [0.5, 0.6) is 0 Å². The topological polar surface area (TPSA) is 113 Å². The minimum atomic E-state index is -3.82. The summed E-state index contributed by atoms with van der Waals surface area (Å²) in [5, 5.41) is 4.96. The Morgan fingerprint density at radius 1 is 0.971 bits per heavy atom. The van der Waals surface area contributed by atoms with Crippen molar-refractivity contribution < 1.29 is 21.6 Å². The Labute approximate surface area is 207 Å². The van der Waals surface area contributed by atoms with Gasteiger partial charge in [-0.15, -0.1) is 11.3 Å². The molecule has 1 atom stereocenters. The van der Waals surface area contributed by atoms with Crippen molar-refractivity contribution >= 4 is 60.3 Å². The minimum Gasteiger partial charge on any atom is -0.326 e. The summed E-state index contributed by atoms with van der Waals surface area (Å²) in [6.07, 6.45) is 1.15. The predicted octanol–water partition coefficient (Wildman–Crippen LogP) is 4.24. The summed E-state index contributed by atoms with van der Waals surface area (Å²) >= 11 is 6.97. The van der Waals surface area contributed by atoms with Crippen LogP contribution >= 0.6 is 22.9 Å². The molecule has 1 saturated heterocycles. The van der Waals surface area contributed by atoms with Crippen LogP contribution in [0, 0.1) is 5.92 Å². The molecule has 0 bridgehead atoms. The lowest BCUT2D eigenvalue weighted by Crippen LogP contribution is -2.43. The Bertz CT molecular complexity index is 1360. The third-order valence-electron chi connectivity index (χ3n) is 5.37. The smallest absolute Gasteiger partial charge is 0.261 e. The number of carbonyl (C=O) groups is 1. The molecule has 0 saturated carbocycles. The summed E-state index contributed by atoms with van der Waals surface area (Å²) in [5.41, 5.74) is 0.801. The summed E-state index contributed by atoms with van der Waals surface area (Å²) in [6.45, 7) is 0.473. The molecule has 0 unspecified atom stereocenters. The van der Waals surface area contributed by atoms with Crippen molar-refractivity contribution in [2.75, 3.05) is 23.1 Å². The highest BCUT2D eigenvalue weighted by atomic mass is 35.5. The van der Waals surface area contributed by atoms with Gasteiger partial charge in [0.2, 0.25) is 5.91 Å². The van der Waals surface area contributed by atoms with E-state index in [0.717, 1.165) is 11.3 Å². The molecule has 1 aliphatic rings. The molecule has 1 fully saturated rings. The van der Waals surface area contributed by atoms with Crippen LogP contribution in [-0.2, 0) is 24.8 Å². The number of amides is 1. The first-order chi connectivity index (χ1) is 16.1. The van der Waals surface area contributed by atoms with Gasteiger partial charge in [-0.05, 0) is 72.8 Å². The summed E-state index contributed by atoms with van der Waals surface area (Å²) in [7, 11) is -7.43. The zero-order chi connectivity index (χ0) is 24.3. The molecule has 1 amide bonds. The molecule has 8 nitrogen and oxygen atoms in total. The molecule has 3 aromatic rings. The normalized spacial score (nSPS) is 17.3. The molecule has 0 aliphatic carbocycles. The van der Waals surface area contributed by atoms with Gasteiger partial charge in [0, 0.05) is 29.5 Å². The first kappa shape index (κ1) is 24.7. The van der Waals surface area contributed by atoms with Crippen molar-refractivity contribution in [2.45, 2.75) is 21.9 Å². The lowest BCUT2D eigenvalue weighted by Gasteiger charge is -2.30. The number of hydrogen-bond acceptors (Lipinski definition) is 6. The van der Waals surface area contributed by atoms with E-state index in [1.165, 1.54) is 28.6 Å². The quantitative estimate of drug-likeness (QED) is 0.466. The molecule has 1 aliphatic heterocycles. The third kappa shape index (κ3) is 5.61. The number of thiophene rings is 1. The zero-order valence-corrected chi connectivity index (χ0v) is 21.1. The predicted molar refractivity (Wildman–Crippen MR) is 133 cm³/mol. The Balaban J connectivity index is 1.40. The number of nitrogens with zero attached hydrogens (tertiary/aromatic N) is 1. The summed E-state index contributed by atoms with van der Waals surface area (Å²) in [4.78, 5) is 12.8.